The first kappa shape index (κ1) is 12.3. The Balaban J connectivity index is 3.32. The number of hydrogen-bond donors (Lipinski definition) is 0. The van der Waals surface area contributed by atoms with E-state index in [9.17, 15) is 13.6 Å². The molecule has 0 fully saturated rings. The van der Waals surface area contributed by atoms with Gasteiger partial charge in [0.25, 0.3) is 11.7 Å². The summed E-state index contributed by atoms with van der Waals surface area (Å²) in [5.41, 5.74) is -0.278. The Morgan fingerprint density at radius 3 is 2.57 bits per heavy atom. The molecule has 1 aromatic heterocycles. The molecule has 0 aliphatic heterocycles. The number of nitrogens with zero attached hydrogens (tertiary/aromatic N) is 1. The van der Waals surface area contributed by atoms with E-state index in [1.807, 2.05) is 0 Å². The molecule has 1 rings (SSSR count). The third-order valence-corrected chi connectivity index (χ3v) is 2.98. The number of alkyl halides is 2. The summed E-state index contributed by atoms with van der Waals surface area (Å²) < 4.78 is 24.9. The van der Waals surface area contributed by atoms with Crippen molar-refractivity contribution in [3.63, 3.8) is 0 Å². The molecule has 2 nitrogen and oxygen atoms in total. The topological polar surface area (TPSA) is 30.0 Å². The normalized spacial score (nSPS) is 10.7. The molecule has 0 unspecified atom stereocenters. The summed E-state index contributed by atoms with van der Waals surface area (Å²) in [4.78, 5) is 14.4. The van der Waals surface area contributed by atoms with E-state index in [0.29, 0.717) is 3.57 Å². The van der Waals surface area contributed by atoms with Crippen molar-refractivity contribution < 1.29 is 13.6 Å². The summed E-state index contributed by atoms with van der Waals surface area (Å²) in [5, 5.41) is -0.727. The highest BCUT2D eigenvalue weighted by Crippen LogP contribution is 2.27. The summed E-state index contributed by atoms with van der Waals surface area (Å²) >= 11 is 9.91. The van der Waals surface area contributed by atoms with Gasteiger partial charge in [-0.05, 0) is 56.2 Å². The summed E-state index contributed by atoms with van der Waals surface area (Å²) in [6.45, 7) is 0. The van der Waals surface area contributed by atoms with Crippen molar-refractivity contribution in [1.29, 1.82) is 0 Å². The van der Waals surface area contributed by atoms with Gasteiger partial charge in [0.1, 0.15) is 10.3 Å². The highest BCUT2D eigenvalue weighted by molar-refractivity contribution is 14.1. The van der Waals surface area contributed by atoms with Gasteiger partial charge < -0.3 is 0 Å². The second kappa shape index (κ2) is 4.80. The maximum Gasteiger partial charge on any atom is 0.280 e. The van der Waals surface area contributed by atoms with Gasteiger partial charge in [-0.3, -0.25) is 4.79 Å². The van der Waals surface area contributed by atoms with E-state index >= 15 is 0 Å². The molecule has 0 N–H and O–H groups in total. The molecule has 0 amide bonds. The summed E-state index contributed by atoms with van der Waals surface area (Å²) in [6.07, 6.45) is -2.67. The summed E-state index contributed by atoms with van der Waals surface area (Å²) in [7, 11) is 0. The SMILES string of the molecule is O=C(Cl)c1c(I)cc(C(F)F)nc1Br. The Bertz CT molecular complexity index is 365. The monoisotopic (exact) mass is 395 g/mol. The summed E-state index contributed by atoms with van der Waals surface area (Å²) in [5.74, 6) is 0. The zero-order chi connectivity index (χ0) is 10.9. The minimum Gasteiger partial charge on any atom is -0.275 e. The molecular formula is C7H2BrClF2INO. The van der Waals surface area contributed by atoms with Crippen LogP contribution in [0.1, 0.15) is 22.5 Å². The van der Waals surface area contributed by atoms with Crippen LogP contribution in [0, 0.1) is 3.57 Å². The minimum atomic E-state index is -2.67. The van der Waals surface area contributed by atoms with E-state index in [0.717, 1.165) is 6.07 Å². The average Bonchev–Trinajstić information content (AvgIpc) is 2.01. The first-order chi connectivity index (χ1) is 6.43. The average molecular weight is 396 g/mol. The quantitative estimate of drug-likeness (QED) is 0.433. The summed E-state index contributed by atoms with van der Waals surface area (Å²) in [6, 6.07) is 1.13. The fourth-order valence-electron chi connectivity index (χ4n) is 0.789. The molecule has 0 spiro atoms. The van der Waals surface area contributed by atoms with Crippen LogP contribution in [-0.2, 0) is 0 Å². The van der Waals surface area contributed by atoms with E-state index in [4.69, 9.17) is 11.6 Å². The van der Waals surface area contributed by atoms with Crippen LogP contribution in [0.3, 0.4) is 0 Å². The molecule has 0 atom stereocenters. The molecule has 0 radical (unpaired) electrons. The second-order valence-electron chi connectivity index (χ2n) is 2.27. The second-order valence-corrected chi connectivity index (χ2v) is 4.53. The molecular weight excluding hydrogens is 394 g/mol. The maximum atomic E-state index is 12.3. The van der Waals surface area contributed by atoms with Crippen LogP contribution >= 0.6 is 50.1 Å². The number of halogens is 5. The van der Waals surface area contributed by atoms with Crippen LogP contribution in [-0.4, -0.2) is 10.2 Å². The maximum absolute atomic E-state index is 12.3. The predicted octanol–water partition coefficient (Wildman–Crippen LogP) is 3.77. The van der Waals surface area contributed by atoms with Crippen LogP contribution < -0.4 is 0 Å². The van der Waals surface area contributed by atoms with Gasteiger partial charge in [-0.15, -0.1) is 0 Å². The zero-order valence-corrected chi connectivity index (χ0v) is 10.9. The third-order valence-electron chi connectivity index (χ3n) is 1.37. The molecule has 0 bridgehead atoms. The molecule has 0 aliphatic carbocycles. The number of aromatic nitrogens is 1. The van der Waals surface area contributed by atoms with Crippen molar-refractivity contribution in [3.05, 3.63) is 25.5 Å². The van der Waals surface area contributed by atoms with Gasteiger partial charge in [0, 0.05) is 3.57 Å². The third kappa shape index (κ3) is 2.60. The lowest BCUT2D eigenvalue weighted by molar-refractivity contribution is 0.107. The largest absolute Gasteiger partial charge is 0.280 e. The molecule has 1 heterocycles. The van der Waals surface area contributed by atoms with E-state index in [-0.39, 0.29) is 15.9 Å². The number of hydrogen-bond acceptors (Lipinski definition) is 2. The Morgan fingerprint density at radius 1 is 1.64 bits per heavy atom. The van der Waals surface area contributed by atoms with Crippen LogP contribution in [0.4, 0.5) is 8.78 Å². The number of rotatable bonds is 2. The van der Waals surface area contributed by atoms with Crippen molar-refractivity contribution in [3.8, 4) is 0 Å². The highest BCUT2D eigenvalue weighted by Gasteiger charge is 2.18. The lowest BCUT2D eigenvalue weighted by Crippen LogP contribution is -2.01. The molecule has 0 aliphatic rings. The van der Waals surface area contributed by atoms with E-state index in [1.54, 1.807) is 22.6 Å². The Labute approximate surface area is 105 Å². The molecule has 7 heteroatoms. The molecule has 14 heavy (non-hydrogen) atoms. The van der Waals surface area contributed by atoms with Gasteiger partial charge in [-0.25, -0.2) is 13.8 Å². The van der Waals surface area contributed by atoms with Crippen molar-refractivity contribution in [1.82, 2.24) is 4.98 Å². The lowest BCUT2D eigenvalue weighted by Gasteiger charge is -2.05. The van der Waals surface area contributed by atoms with Crippen molar-refractivity contribution in [2.75, 3.05) is 0 Å². The van der Waals surface area contributed by atoms with Crippen molar-refractivity contribution in [2.24, 2.45) is 0 Å². The Kier molecular flexibility index (Phi) is 4.20. The van der Waals surface area contributed by atoms with Crippen LogP contribution in [0.15, 0.2) is 10.7 Å². The van der Waals surface area contributed by atoms with Gasteiger partial charge in [-0.1, -0.05) is 0 Å². The molecule has 0 saturated heterocycles. The fourth-order valence-corrected chi connectivity index (χ4v) is 3.04. The molecule has 76 valence electrons. The van der Waals surface area contributed by atoms with E-state index in [1.165, 1.54) is 0 Å². The van der Waals surface area contributed by atoms with Crippen LogP contribution in [0.25, 0.3) is 0 Å². The molecule has 0 saturated carbocycles. The smallest absolute Gasteiger partial charge is 0.275 e. The minimum absolute atomic E-state index is 0.0414. The van der Waals surface area contributed by atoms with Gasteiger partial charge in [0.15, 0.2) is 0 Å². The van der Waals surface area contributed by atoms with Gasteiger partial charge >= 0.3 is 0 Å². The number of carbonyl (C=O) groups excluding carboxylic acids is 1. The lowest BCUT2D eigenvalue weighted by atomic mass is 10.3. The Morgan fingerprint density at radius 2 is 2.21 bits per heavy atom. The van der Waals surface area contributed by atoms with Crippen molar-refractivity contribution >= 4 is 55.4 Å². The van der Waals surface area contributed by atoms with Crippen molar-refractivity contribution in [2.45, 2.75) is 6.43 Å². The van der Waals surface area contributed by atoms with E-state index in [2.05, 4.69) is 20.9 Å². The fraction of sp³-hybridized carbons (Fsp3) is 0.143. The zero-order valence-electron chi connectivity index (χ0n) is 6.40. The molecule has 0 aromatic carbocycles. The predicted molar refractivity (Wildman–Crippen MR) is 59.8 cm³/mol. The van der Waals surface area contributed by atoms with Crippen LogP contribution in [0.2, 0.25) is 0 Å². The van der Waals surface area contributed by atoms with Gasteiger partial charge in [-0.2, -0.15) is 0 Å². The molecule has 1 aromatic rings. The Hall–Kier alpha value is 0.180. The van der Waals surface area contributed by atoms with Crippen LogP contribution in [0.5, 0.6) is 0 Å². The standard InChI is InChI=1S/C7H2BrClF2INO/c8-5-4(6(9)14)2(12)1-3(13-5)7(10)11/h1,7H. The van der Waals surface area contributed by atoms with Gasteiger partial charge in [0.05, 0.1) is 5.56 Å². The number of carbonyl (C=O) groups is 1. The van der Waals surface area contributed by atoms with E-state index < -0.39 is 11.7 Å². The van der Waals surface area contributed by atoms with Gasteiger partial charge in [0.2, 0.25) is 0 Å². The first-order valence-corrected chi connectivity index (χ1v) is 5.52. The number of pyridine rings is 1. The highest BCUT2D eigenvalue weighted by atomic mass is 127. The first-order valence-electron chi connectivity index (χ1n) is 3.27.